The maximum Gasteiger partial charge on any atom is 0.254 e. The zero-order chi connectivity index (χ0) is 19.1. The summed E-state index contributed by atoms with van der Waals surface area (Å²) in [7, 11) is 3.47. The third-order valence-electron chi connectivity index (χ3n) is 4.35. The van der Waals surface area contributed by atoms with Crippen molar-refractivity contribution in [1.29, 1.82) is 0 Å². The molecule has 3 heteroatoms. The maximum absolute atomic E-state index is 13.2. The Labute approximate surface area is 160 Å². The van der Waals surface area contributed by atoms with Gasteiger partial charge in [0.25, 0.3) is 5.91 Å². The standard InChI is InChI=1S/C24H23NO2/c1-25(18-20-13-15-22(27-2)16-14-20)24(26)23(21-11-7-4-8-12-21)17-19-9-5-3-6-10-19/h3-17H,18H2,1-2H3. The topological polar surface area (TPSA) is 29.5 Å². The number of carbonyl (C=O) groups is 1. The lowest BCUT2D eigenvalue weighted by atomic mass is 10.0. The van der Waals surface area contributed by atoms with Gasteiger partial charge >= 0.3 is 0 Å². The molecule has 3 aromatic rings. The van der Waals surface area contributed by atoms with Gasteiger partial charge in [0, 0.05) is 19.2 Å². The molecular formula is C24H23NO2. The third kappa shape index (κ3) is 4.85. The summed E-state index contributed by atoms with van der Waals surface area (Å²) in [6, 6.07) is 27.5. The highest BCUT2D eigenvalue weighted by Crippen LogP contribution is 2.22. The monoisotopic (exact) mass is 357 g/mol. The molecule has 0 unspecified atom stereocenters. The van der Waals surface area contributed by atoms with Gasteiger partial charge in [-0.3, -0.25) is 4.79 Å². The molecule has 0 aliphatic heterocycles. The summed E-state index contributed by atoms with van der Waals surface area (Å²) < 4.78 is 5.19. The molecule has 0 spiro atoms. The third-order valence-corrected chi connectivity index (χ3v) is 4.35. The molecule has 0 bridgehead atoms. The Kier molecular flexibility index (Phi) is 6.06. The molecule has 0 aliphatic rings. The first-order chi connectivity index (χ1) is 13.2. The molecule has 1 amide bonds. The minimum atomic E-state index is -0.0131. The lowest BCUT2D eigenvalue weighted by Crippen LogP contribution is -2.27. The molecule has 0 saturated heterocycles. The molecule has 0 N–H and O–H groups in total. The van der Waals surface area contributed by atoms with Crippen molar-refractivity contribution >= 4 is 17.6 Å². The molecular weight excluding hydrogens is 334 g/mol. The summed E-state index contributed by atoms with van der Waals surface area (Å²) in [5.74, 6) is 0.794. The minimum Gasteiger partial charge on any atom is -0.497 e. The maximum atomic E-state index is 13.2. The average molecular weight is 357 g/mol. The van der Waals surface area contributed by atoms with E-state index in [4.69, 9.17) is 4.74 Å². The molecule has 0 radical (unpaired) electrons. The Hall–Kier alpha value is -3.33. The van der Waals surface area contributed by atoms with Crippen LogP contribution in [-0.2, 0) is 11.3 Å². The number of hydrogen-bond donors (Lipinski definition) is 0. The Balaban J connectivity index is 1.87. The second-order valence-electron chi connectivity index (χ2n) is 6.34. The van der Waals surface area contributed by atoms with Gasteiger partial charge in [-0.1, -0.05) is 72.8 Å². The van der Waals surface area contributed by atoms with Gasteiger partial charge in [0.2, 0.25) is 0 Å². The van der Waals surface area contributed by atoms with Crippen LogP contribution in [0, 0.1) is 0 Å². The minimum absolute atomic E-state index is 0.0131. The fourth-order valence-corrected chi connectivity index (χ4v) is 2.88. The molecule has 0 heterocycles. The molecule has 3 nitrogen and oxygen atoms in total. The molecule has 0 fully saturated rings. The smallest absolute Gasteiger partial charge is 0.254 e. The van der Waals surface area contributed by atoms with E-state index in [1.807, 2.05) is 98.1 Å². The van der Waals surface area contributed by atoms with E-state index in [0.717, 1.165) is 22.4 Å². The molecule has 3 rings (SSSR count). The Morgan fingerprint density at radius 1 is 0.889 bits per heavy atom. The highest BCUT2D eigenvalue weighted by atomic mass is 16.5. The molecule has 3 aromatic carbocycles. The highest BCUT2D eigenvalue weighted by molar-refractivity contribution is 6.24. The quantitative estimate of drug-likeness (QED) is 0.464. The molecule has 0 aliphatic carbocycles. The van der Waals surface area contributed by atoms with E-state index in [2.05, 4.69) is 0 Å². The largest absolute Gasteiger partial charge is 0.497 e. The van der Waals surface area contributed by atoms with Crippen LogP contribution in [0.1, 0.15) is 16.7 Å². The number of rotatable bonds is 6. The van der Waals surface area contributed by atoms with Gasteiger partial charge in [-0.25, -0.2) is 0 Å². The lowest BCUT2D eigenvalue weighted by Gasteiger charge is -2.20. The van der Waals surface area contributed by atoms with Crippen molar-refractivity contribution in [1.82, 2.24) is 4.90 Å². The number of nitrogens with zero attached hydrogens (tertiary/aromatic N) is 1. The van der Waals surface area contributed by atoms with Gasteiger partial charge in [0.1, 0.15) is 5.75 Å². The summed E-state index contributed by atoms with van der Waals surface area (Å²) in [6.07, 6.45) is 1.95. The first-order valence-corrected chi connectivity index (χ1v) is 8.88. The van der Waals surface area contributed by atoms with Crippen LogP contribution in [0.3, 0.4) is 0 Å². The SMILES string of the molecule is COc1ccc(CN(C)C(=O)C(=Cc2ccccc2)c2ccccc2)cc1. The van der Waals surface area contributed by atoms with Crippen LogP contribution in [0.25, 0.3) is 11.6 Å². The van der Waals surface area contributed by atoms with Crippen LogP contribution in [0.2, 0.25) is 0 Å². The molecule has 27 heavy (non-hydrogen) atoms. The number of amides is 1. The van der Waals surface area contributed by atoms with E-state index in [0.29, 0.717) is 12.1 Å². The van der Waals surface area contributed by atoms with Crippen LogP contribution in [0.15, 0.2) is 84.9 Å². The van der Waals surface area contributed by atoms with Gasteiger partial charge in [0.15, 0.2) is 0 Å². The van der Waals surface area contributed by atoms with Crippen LogP contribution >= 0.6 is 0 Å². The van der Waals surface area contributed by atoms with Crippen LogP contribution in [0.4, 0.5) is 0 Å². The molecule has 0 saturated carbocycles. The first kappa shape index (κ1) is 18.5. The van der Waals surface area contributed by atoms with E-state index in [9.17, 15) is 4.79 Å². The first-order valence-electron chi connectivity index (χ1n) is 8.88. The number of carbonyl (C=O) groups excluding carboxylic acids is 1. The van der Waals surface area contributed by atoms with Gasteiger partial charge in [0.05, 0.1) is 7.11 Å². The number of likely N-dealkylation sites (N-methyl/N-ethyl adjacent to an activating group) is 1. The Morgan fingerprint density at radius 3 is 2.07 bits per heavy atom. The molecule has 136 valence electrons. The number of hydrogen-bond acceptors (Lipinski definition) is 2. The van der Waals surface area contributed by atoms with E-state index in [-0.39, 0.29) is 5.91 Å². The zero-order valence-electron chi connectivity index (χ0n) is 15.6. The summed E-state index contributed by atoms with van der Waals surface area (Å²) in [5.41, 5.74) is 3.65. The second kappa shape index (κ2) is 8.86. The highest BCUT2D eigenvalue weighted by Gasteiger charge is 2.17. The van der Waals surface area contributed by atoms with Gasteiger partial charge in [-0.05, 0) is 34.9 Å². The summed E-state index contributed by atoms with van der Waals surface area (Å²) in [4.78, 5) is 14.9. The van der Waals surface area contributed by atoms with Crippen molar-refractivity contribution in [2.24, 2.45) is 0 Å². The van der Waals surface area contributed by atoms with E-state index >= 15 is 0 Å². The number of benzene rings is 3. The van der Waals surface area contributed by atoms with Crippen molar-refractivity contribution < 1.29 is 9.53 Å². The van der Waals surface area contributed by atoms with Crippen molar-refractivity contribution in [3.8, 4) is 5.75 Å². The van der Waals surface area contributed by atoms with Gasteiger partial charge in [-0.15, -0.1) is 0 Å². The van der Waals surface area contributed by atoms with Crippen LogP contribution in [0.5, 0.6) is 5.75 Å². The van der Waals surface area contributed by atoms with Crippen molar-refractivity contribution in [2.45, 2.75) is 6.54 Å². The fraction of sp³-hybridized carbons (Fsp3) is 0.125. The Bertz CT molecular complexity index is 900. The van der Waals surface area contributed by atoms with Crippen molar-refractivity contribution in [3.63, 3.8) is 0 Å². The lowest BCUT2D eigenvalue weighted by molar-refractivity contribution is -0.124. The molecule has 0 aromatic heterocycles. The number of methoxy groups -OCH3 is 1. The zero-order valence-corrected chi connectivity index (χ0v) is 15.6. The van der Waals surface area contributed by atoms with Gasteiger partial charge in [-0.2, -0.15) is 0 Å². The Morgan fingerprint density at radius 2 is 1.48 bits per heavy atom. The predicted molar refractivity (Wildman–Crippen MR) is 110 cm³/mol. The molecule has 0 atom stereocenters. The summed E-state index contributed by atoms with van der Waals surface area (Å²) in [6.45, 7) is 0.530. The summed E-state index contributed by atoms with van der Waals surface area (Å²) in [5, 5.41) is 0. The normalized spacial score (nSPS) is 11.1. The van der Waals surface area contributed by atoms with Crippen LogP contribution < -0.4 is 4.74 Å². The average Bonchev–Trinajstić information content (AvgIpc) is 2.73. The van der Waals surface area contributed by atoms with Crippen molar-refractivity contribution in [3.05, 3.63) is 102 Å². The number of ether oxygens (including phenoxy) is 1. The van der Waals surface area contributed by atoms with Gasteiger partial charge < -0.3 is 9.64 Å². The van der Waals surface area contributed by atoms with Crippen LogP contribution in [-0.4, -0.2) is 25.0 Å². The van der Waals surface area contributed by atoms with E-state index < -0.39 is 0 Å². The van der Waals surface area contributed by atoms with Crippen molar-refractivity contribution in [2.75, 3.05) is 14.2 Å². The fourth-order valence-electron chi connectivity index (χ4n) is 2.88. The summed E-state index contributed by atoms with van der Waals surface area (Å²) >= 11 is 0. The predicted octanol–water partition coefficient (Wildman–Crippen LogP) is 4.89. The van der Waals surface area contributed by atoms with E-state index in [1.54, 1.807) is 12.0 Å². The second-order valence-corrected chi connectivity index (χ2v) is 6.34. The van der Waals surface area contributed by atoms with E-state index in [1.165, 1.54) is 0 Å².